The third-order valence-corrected chi connectivity index (χ3v) is 1.88. The quantitative estimate of drug-likeness (QED) is 0.675. The Bertz CT molecular complexity index is 437. The van der Waals surface area contributed by atoms with E-state index in [9.17, 15) is 8.78 Å². The molecule has 0 bridgehead atoms. The molecule has 0 amide bonds. The van der Waals surface area contributed by atoms with Crippen LogP contribution in [0.5, 0.6) is 0 Å². The van der Waals surface area contributed by atoms with Gasteiger partial charge in [-0.3, -0.25) is 4.98 Å². The van der Waals surface area contributed by atoms with Crippen molar-refractivity contribution in [1.29, 1.82) is 0 Å². The zero-order valence-corrected chi connectivity index (χ0v) is 7.24. The van der Waals surface area contributed by atoms with Gasteiger partial charge in [-0.1, -0.05) is 0 Å². The fourth-order valence-electron chi connectivity index (χ4n) is 1.21. The largest absolute Gasteiger partial charge is 0.253 e. The third kappa shape index (κ3) is 1.62. The van der Waals surface area contributed by atoms with Crippen molar-refractivity contribution in [2.24, 2.45) is 0 Å². The van der Waals surface area contributed by atoms with Crippen LogP contribution < -0.4 is 0 Å². The van der Waals surface area contributed by atoms with E-state index in [1.54, 1.807) is 0 Å². The summed E-state index contributed by atoms with van der Waals surface area (Å²) in [6, 6.07) is 8.41. The Morgan fingerprint density at radius 1 is 0.929 bits per heavy atom. The van der Waals surface area contributed by atoms with Gasteiger partial charge in [0, 0.05) is 11.8 Å². The lowest BCUT2D eigenvalue weighted by atomic mass is 10.1. The molecule has 1 aromatic heterocycles. The summed E-state index contributed by atoms with van der Waals surface area (Å²) < 4.78 is 25.8. The summed E-state index contributed by atoms with van der Waals surface area (Å²) in [5.41, 5.74) is 0.817. The summed E-state index contributed by atoms with van der Waals surface area (Å²) in [4.78, 5) is 3.88. The van der Waals surface area contributed by atoms with Gasteiger partial charge < -0.3 is 0 Å². The molecule has 0 unspecified atom stereocenters. The highest BCUT2D eigenvalue weighted by Gasteiger charge is 2.04. The van der Waals surface area contributed by atoms with Crippen molar-refractivity contribution in [3.8, 4) is 11.3 Å². The second kappa shape index (κ2) is 3.54. The molecule has 0 radical (unpaired) electrons. The van der Waals surface area contributed by atoms with Gasteiger partial charge in [-0.25, -0.2) is 8.78 Å². The van der Waals surface area contributed by atoms with Gasteiger partial charge >= 0.3 is 0 Å². The molecule has 1 aromatic carbocycles. The SMILES string of the molecule is Fc1ccc(-c2ncccc2F)cc1. The van der Waals surface area contributed by atoms with Crippen LogP contribution in [0.3, 0.4) is 0 Å². The normalized spacial score (nSPS) is 10.1. The smallest absolute Gasteiger partial charge is 0.149 e. The molecule has 0 atom stereocenters. The summed E-state index contributed by atoms with van der Waals surface area (Å²) in [7, 11) is 0. The Kier molecular flexibility index (Phi) is 2.23. The first-order valence-corrected chi connectivity index (χ1v) is 4.14. The highest BCUT2D eigenvalue weighted by Crippen LogP contribution is 2.19. The van der Waals surface area contributed by atoms with E-state index in [2.05, 4.69) is 4.98 Å². The lowest BCUT2D eigenvalue weighted by Gasteiger charge is -2.00. The molecule has 0 saturated heterocycles. The lowest BCUT2D eigenvalue weighted by Crippen LogP contribution is -1.87. The molecule has 2 rings (SSSR count). The average Bonchev–Trinajstić information content (AvgIpc) is 2.20. The third-order valence-electron chi connectivity index (χ3n) is 1.88. The van der Waals surface area contributed by atoms with Gasteiger partial charge in [-0.05, 0) is 36.4 Å². The van der Waals surface area contributed by atoms with Gasteiger partial charge in [0.1, 0.15) is 17.3 Å². The molecule has 0 aliphatic carbocycles. The predicted octanol–water partition coefficient (Wildman–Crippen LogP) is 3.03. The van der Waals surface area contributed by atoms with E-state index >= 15 is 0 Å². The van der Waals surface area contributed by atoms with Gasteiger partial charge in [0.15, 0.2) is 0 Å². The minimum Gasteiger partial charge on any atom is -0.253 e. The standard InChI is InChI=1S/C11H7F2N/c12-9-5-3-8(4-6-9)11-10(13)2-1-7-14-11/h1-7H. The summed E-state index contributed by atoms with van der Waals surface area (Å²) in [5, 5.41) is 0. The fraction of sp³-hybridized carbons (Fsp3) is 0. The summed E-state index contributed by atoms with van der Waals surface area (Å²) >= 11 is 0. The number of pyridine rings is 1. The van der Waals surface area contributed by atoms with Crippen LogP contribution >= 0.6 is 0 Å². The number of aromatic nitrogens is 1. The zero-order chi connectivity index (χ0) is 9.97. The van der Waals surface area contributed by atoms with E-state index < -0.39 is 5.82 Å². The van der Waals surface area contributed by atoms with E-state index in [0.717, 1.165) is 0 Å². The highest BCUT2D eigenvalue weighted by molar-refractivity contribution is 5.59. The van der Waals surface area contributed by atoms with Crippen molar-refractivity contribution < 1.29 is 8.78 Å². The van der Waals surface area contributed by atoms with Crippen LogP contribution in [-0.2, 0) is 0 Å². The second-order valence-corrected chi connectivity index (χ2v) is 2.84. The molecule has 0 fully saturated rings. The number of halogens is 2. The van der Waals surface area contributed by atoms with Crippen LogP contribution in [0.2, 0.25) is 0 Å². The molecule has 0 saturated carbocycles. The van der Waals surface area contributed by atoms with Crippen LogP contribution in [0.15, 0.2) is 42.6 Å². The van der Waals surface area contributed by atoms with E-state index in [0.29, 0.717) is 5.56 Å². The number of rotatable bonds is 1. The Morgan fingerprint density at radius 3 is 2.29 bits per heavy atom. The Hall–Kier alpha value is -1.77. The van der Waals surface area contributed by atoms with E-state index in [-0.39, 0.29) is 11.5 Å². The van der Waals surface area contributed by atoms with Gasteiger partial charge in [0.25, 0.3) is 0 Å². The van der Waals surface area contributed by atoms with Crippen molar-refractivity contribution in [3.05, 3.63) is 54.2 Å². The maximum atomic E-state index is 13.2. The van der Waals surface area contributed by atoms with Crippen LogP contribution in [-0.4, -0.2) is 4.98 Å². The highest BCUT2D eigenvalue weighted by atomic mass is 19.1. The maximum absolute atomic E-state index is 13.2. The lowest BCUT2D eigenvalue weighted by molar-refractivity contribution is 0.623. The van der Waals surface area contributed by atoms with Gasteiger partial charge in [0.05, 0.1) is 0 Å². The van der Waals surface area contributed by atoms with Crippen LogP contribution in [0, 0.1) is 11.6 Å². The maximum Gasteiger partial charge on any atom is 0.149 e. The van der Waals surface area contributed by atoms with Crippen LogP contribution in [0.1, 0.15) is 0 Å². The van der Waals surface area contributed by atoms with Crippen LogP contribution in [0.25, 0.3) is 11.3 Å². The van der Waals surface area contributed by atoms with E-state index in [4.69, 9.17) is 0 Å². The molecular weight excluding hydrogens is 184 g/mol. The van der Waals surface area contributed by atoms with Crippen molar-refractivity contribution in [3.63, 3.8) is 0 Å². The van der Waals surface area contributed by atoms with E-state index in [1.807, 2.05) is 0 Å². The van der Waals surface area contributed by atoms with Gasteiger partial charge in [-0.15, -0.1) is 0 Å². The van der Waals surface area contributed by atoms with Crippen molar-refractivity contribution in [2.75, 3.05) is 0 Å². The van der Waals surface area contributed by atoms with Crippen molar-refractivity contribution in [1.82, 2.24) is 4.98 Å². The number of nitrogens with zero attached hydrogens (tertiary/aromatic N) is 1. The first-order chi connectivity index (χ1) is 6.77. The Morgan fingerprint density at radius 2 is 1.64 bits per heavy atom. The van der Waals surface area contributed by atoms with Crippen molar-refractivity contribution >= 4 is 0 Å². The fourth-order valence-corrected chi connectivity index (χ4v) is 1.21. The molecular formula is C11H7F2N. The first-order valence-electron chi connectivity index (χ1n) is 4.14. The minimum absolute atomic E-state index is 0.243. The number of benzene rings is 1. The molecule has 1 heterocycles. The predicted molar refractivity (Wildman–Crippen MR) is 49.6 cm³/mol. The average molecular weight is 191 g/mol. The van der Waals surface area contributed by atoms with Gasteiger partial charge in [-0.2, -0.15) is 0 Å². The molecule has 14 heavy (non-hydrogen) atoms. The summed E-state index contributed by atoms with van der Waals surface area (Å²) in [6.45, 7) is 0. The molecule has 3 heteroatoms. The molecule has 0 N–H and O–H groups in total. The van der Waals surface area contributed by atoms with Gasteiger partial charge in [0.2, 0.25) is 0 Å². The zero-order valence-electron chi connectivity index (χ0n) is 7.24. The summed E-state index contributed by atoms with van der Waals surface area (Å²) in [6.07, 6.45) is 1.50. The number of hydrogen-bond donors (Lipinski definition) is 0. The Labute approximate surface area is 80.0 Å². The topological polar surface area (TPSA) is 12.9 Å². The molecule has 0 aliphatic rings. The molecule has 2 aromatic rings. The van der Waals surface area contributed by atoms with Crippen molar-refractivity contribution in [2.45, 2.75) is 0 Å². The van der Waals surface area contributed by atoms with E-state index in [1.165, 1.54) is 42.6 Å². The summed E-state index contributed by atoms with van der Waals surface area (Å²) in [5.74, 6) is -0.746. The first kappa shape index (κ1) is 8.81. The monoisotopic (exact) mass is 191 g/mol. The van der Waals surface area contributed by atoms with Crippen LogP contribution in [0.4, 0.5) is 8.78 Å². The molecule has 0 aliphatic heterocycles. The number of hydrogen-bond acceptors (Lipinski definition) is 1. The minimum atomic E-state index is -0.404. The molecule has 1 nitrogen and oxygen atoms in total. The molecule has 0 spiro atoms. The second-order valence-electron chi connectivity index (χ2n) is 2.84. The molecule has 70 valence electrons. The Balaban J connectivity index is 2.50.